The smallest absolute Gasteiger partial charge is 0.265 e. The van der Waals surface area contributed by atoms with Gasteiger partial charge in [-0.1, -0.05) is 11.2 Å². The minimum Gasteiger partial charge on any atom is -0.454 e. The van der Waals surface area contributed by atoms with Crippen molar-refractivity contribution in [3.05, 3.63) is 53.1 Å². The summed E-state index contributed by atoms with van der Waals surface area (Å²) in [6.45, 7) is 1.91. The first-order valence-electron chi connectivity index (χ1n) is 8.67. The summed E-state index contributed by atoms with van der Waals surface area (Å²) in [7, 11) is 0. The standard InChI is InChI=1S/C20H20N2O4/c1-13(15-6-8-18-19(10-15)25-12-24-18)22-26-11-20(23)21-17-7-5-14-3-2-4-16(14)9-17/h5-10H,2-4,11-12H2,1H3,(H,21,23)/b22-13+. The maximum Gasteiger partial charge on any atom is 0.265 e. The van der Waals surface area contributed by atoms with Crippen molar-refractivity contribution in [2.75, 3.05) is 18.7 Å². The van der Waals surface area contributed by atoms with Crippen LogP contribution >= 0.6 is 0 Å². The monoisotopic (exact) mass is 352 g/mol. The van der Waals surface area contributed by atoms with Crippen molar-refractivity contribution in [3.63, 3.8) is 0 Å². The number of hydrogen-bond donors (Lipinski definition) is 1. The lowest BCUT2D eigenvalue weighted by Gasteiger charge is -2.07. The highest BCUT2D eigenvalue weighted by Gasteiger charge is 2.14. The third-order valence-electron chi connectivity index (χ3n) is 4.57. The van der Waals surface area contributed by atoms with Crippen LogP contribution in [0.5, 0.6) is 11.5 Å². The molecule has 2 aromatic rings. The number of oxime groups is 1. The highest BCUT2D eigenvalue weighted by Crippen LogP contribution is 2.32. The van der Waals surface area contributed by atoms with E-state index in [4.69, 9.17) is 14.3 Å². The summed E-state index contributed by atoms with van der Waals surface area (Å²) in [5.74, 6) is 1.17. The van der Waals surface area contributed by atoms with E-state index >= 15 is 0 Å². The van der Waals surface area contributed by atoms with Gasteiger partial charge in [-0.15, -0.1) is 0 Å². The molecule has 0 radical (unpaired) electrons. The van der Waals surface area contributed by atoms with E-state index in [0.717, 1.165) is 29.8 Å². The number of carbonyl (C=O) groups is 1. The van der Waals surface area contributed by atoms with Gasteiger partial charge in [0.1, 0.15) is 0 Å². The second kappa shape index (κ2) is 7.07. The molecule has 1 aliphatic carbocycles. The number of aryl methyl sites for hydroxylation is 2. The number of carbonyl (C=O) groups excluding carboxylic acids is 1. The molecule has 0 spiro atoms. The average molecular weight is 352 g/mol. The van der Waals surface area contributed by atoms with Gasteiger partial charge in [0.05, 0.1) is 5.71 Å². The summed E-state index contributed by atoms with van der Waals surface area (Å²) in [6.07, 6.45) is 3.39. The number of hydrogen-bond acceptors (Lipinski definition) is 5. The van der Waals surface area contributed by atoms with Gasteiger partial charge in [-0.05, 0) is 67.6 Å². The van der Waals surface area contributed by atoms with Crippen LogP contribution in [0.4, 0.5) is 5.69 Å². The van der Waals surface area contributed by atoms with Crippen LogP contribution in [0, 0.1) is 0 Å². The van der Waals surface area contributed by atoms with Gasteiger partial charge in [0.25, 0.3) is 5.91 Å². The molecule has 6 heteroatoms. The molecule has 6 nitrogen and oxygen atoms in total. The molecule has 1 amide bonds. The number of rotatable bonds is 5. The molecule has 1 aliphatic heterocycles. The van der Waals surface area contributed by atoms with Gasteiger partial charge in [-0.3, -0.25) is 4.79 Å². The predicted octanol–water partition coefficient (Wildman–Crippen LogP) is 3.28. The first-order valence-corrected chi connectivity index (χ1v) is 8.67. The number of nitrogens with zero attached hydrogens (tertiary/aromatic N) is 1. The summed E-state index contributed by atoms with van der Waals surface area (Å²) in [5.41, 5.74) is 5.02. The van der Waals surface area contributed by atoms with Crippen LogP contribution in [0.15, 0.2) is 41.6 Å². The number of benzene rings is 2. The van der Waals surface area contributed by atoms with Crippen LogP contribution in [-0.4, -0.2) is 25.0 Å². The molecule has 0 saturated carbocycles. The zero-order valence-corrected chi connectivity index (χ0v) is 14.6. The summed E-state index contributed by atoms with van der Waals surface area (Å²) < 4.78 is 10.6. The van der Waals surface area contributed by atoms with Crippen molar-refractivity contribution < 1.29 is 19.1 Å². The Hall–Kier alpha value is -3.02. The zero-order valence-electron chi connectivity index (χ0n) is 14.6. The van der Waals surface area contributed by atoms with Gasteiger partial charge < -0.3 is 19.6 Å². The quantitative estimate of drug-likeness (QED) is 0.662. The second-order valence-electron chi connectivity index (χ2n) is 6.40. The molecule has 134 valence electrons. The minimum atomic E-state index is -0.231. The lowest BCUT2D eigenvalue weighted by atomic mass is 10.1. The molecule has 0 saturated heterocycles. The van der Waals surface area contributed by atoms with E-state index in [9.17, 15) is 4.79 Å². The Morgan fingerprint density at radius 1 is 1.12 bits per heavy atom. The van der Waals surface area contributed by atoms with Crippen LogP contribution in [0.25, 0.3) is 0 Å². The summed E-state index contributed by atoms with van der Waals surface area (Å²) in [5, 5.41) is 6.87. The van der Waals surface area contributed by atoms with Crippen molar-refractivity contribution in [2.24, 2.45) is 5.16 Å². The predicted molar refractivity (Wildman–Crippen MR) is 97.8 cm³/mol. The molecule has 2 aromatic carbocycles. The molecule has 0 atom stereocenters. The first kappa shape index (κ1) is 16.4. The summed E-state index contributed by atoms with van der Waals surface area (Å²) >= 11 is 0. The highest BCUT2D eigenvalue weighted by molar-refractivity contribution is 5.99. The Kier molecular flexibility index (Phi) is 4.48. The molecule has 2 aliphatic rings. The van der Waals surface area contributed by atoms with Gasteiger partial charge in [0.2, 0.25) is 6.79 Å². The number of anilines is 1. The summed E-state index contributed by atoms with van der Waals surface area (Å²) in [6, 6.07) is 11.6. The van der Waals surface area contributed by atoms with E-state index in [2.05, 4.69) is 16.5 Å². The molecule has 4 rings (SSSR count). The number of amides is 1. The molecule has 0 bridgehead atoms. The van der Waals surface area contributed by atoms with Crippen molar-refractivity contribution in [1.29, 1.82) is 0 Å². The van der Waals surface area contributed by atoms with Crippen LogP contribution < -0.4 is 14.8 Å². The lowest BCUT2D eigenvalue weighted by molar-refractivity contribution is -0.120. The summed E-state index contributed by atoms with van der Waals surface area (Å²) in [4.78, 5) is 17.2. The van der Waals surface area contributed by atoms with Crippen molar-refractivity contribution in [3.8, 4) is 11.5 Å². The minimum absolute atomic E-state index is 0.140. The van der Waals surface area contributed by atoms with Crippen molar-refractivity contribution >= 4 is 17.3 Å². The third-order valence-corrected chi connectivity index (χ3v) is 4.57. The highest BCUT2D eigenvalue weighted by atomic mass is 16.7. The van der Waals surface area contributed by atoms with Gasteiger partial charge in [-0.25, -0.2) is 0 Å². The number of fused-ring (bicyclic) bond motifs is 2. The molecule has 26 heavy (non-hydrogen) atoms. The Balaban J connectivity index is 1.32. The van der Waals surface area contributed by atoms with Gasteiger partial charge in [0, 0.05) is 11.3 Å². The van der Waals surface area contributed by atoms with E-state index in [1.54, 1.807) is 0 Å². The first-order chi connectivity index (χ1) is 12.7. The molecule has 0 unspecified atom stereocenters. The van der Waals surface area contributed by atoms with E-state index in [0.29, 0.717) is 11.5 Å². The fraction of sp³-hybridized carbons (Fsp3) is 0.300. The van der Waals surface area contributed by atoms with E-state index in [-0.39, 0.29) is 19.3 Å². The second-order valence-corrected chi connectivity index (χ2v) is 6.40. The molecule has 1 heterocycles. The van der Waals surface area contributed by atoms with E-state index in [1.165, 1.54) is 17.5 Å². The topological polar surface area (TPSA) is 69.2 Å². The fourth-order valence-corrected chi connectivity index (χ4v) is 3.21. The number of ether oxygens (including phenoxy) is 2. The largest absolute Gasteiger partial charge is 0.454 e. The Morgan fingerprint density at radius 2 is 1.96 bits per heavy atom. The van der Waals surface area contributed by atoms with Gasteiger partial charge in [-0.2, -0.15) is 0 Å². The maximum atomic E-state index is 12.0. The van der Waals surface area contributed by atoms with Gasteiger partial charge in [0.15, 0.2) is 18.1 Å². The van der Waals surface area contributed by atoms with E-state index in [1.807, 2.05) is 37.3 Å². The SMILES string of the molecule is C/C(=N\OCC(=O)Nc1ccc2c(c1)CCC2)c1ccc2c(c1)OCO2. The van der Waals surface area contributed by atoms with Crippen LogP contribution in [0.3, 0.4) is 0 Å². The molecule has 0 aromatic heterocycles. The Bertz CT molecular complexity index is 876. The maximum absolute atomic E-state index is 12.0. The van der Waals surface area contributed by atoms with Crippen molar-refractivity contribution in [2.45, 2.75) is 26.2 Å². The normalized spacial score (nSPS) is 14.9. The van der Waals surface area contributed by atoms with Gasteiger partial charge >= 0.3 is 0 Å². The molecular formula is C20H20N2O4. The Labute approximate surface area is 151 Å². The fourth-order valence-electron chi connectivity index (χ4n) is 3.21. The Morgan fingerprint density at radius 3 is 2.88 bits per heavy atom. The van der Waals surface area contributed by atoms with Crippen LogP contribution in [-0.2, 0) is 22.5 Å². The molecule has 0 fully saturated rings. The lowest BCUT2D eigenvalue weighted by Crippen LogP contribution is -2.17. The van der Waals surface area contributed by atoms with E-state index < -0.39 is 0 Å². The number of nitrogens with one attached hydrogen (secondary N) is 1. The van der Waals surface area contributed by atoms with Crippen LogP contribution in [0.2, 0.25) is 0 Å². The third kappa shape index (κ3) is 3.49. The zero-order chi connectivity index (χ0) is 17.9. The van der Waals surface area contributed by atoms with Crippen LogP contribution in [0.1, 0.15) is 30.0 Å². The average Bonchev–Trinajstić information content (AvgIpc) is 3.29. The van der Waals surface area contributed by atoms with Crippen molar-refractivity contribution in [1.82, 2.24) is 0 Å². The molecule has 1 N–H and O–H groups in total. The molecular weight excluding hydrogens is 332 g/mol.